The summed E-state index contributed by atoms with van der Waals surface area (Å²) in [5.74, 6) is 0.180. The minimum Gasteiger partial charge on any atom is -0.382 e. The summed E-state index contributed by atoms with van der Waals surface area (Å²) in [5, 5.41) is 2.82. The van der Waals surface area contributed by atoms with Gasteiger partial charge in [0, 0.05) is 18.7 Å². The number of carbonyl (C=O) groups is 1. The SMILES string of the molecule is CCN(CC)CCNC(=O)c1nc2c(N)nc(-c3ccccc3)nc2nc1N. The highest BCUT2D eigenvalue weighted by Gasteiger charge is 2.18. The standard InChI is InChI=1S/C19H24N8O/c1-3-27(4-2)11-10-22-19(28)14-16(21)25-18-13(23-14)15(20)24-17(26-18)12-8-6-5-7-9-12/h5-9H,3-4,10-11H2,1-2H3,(H,22,28)(H4,20,21,24,25,26). The van der Waals surface area contributed by atoms with Gasteiger partial charge in [0.2, 0.25) is 0 Å². The molecule has 0 spiro atoms. The monoisotopic (exact) mass is 380 g/mol. The second-order valence-corrected chi connectivity index (χ2v) is 6.21. The molecule has 146 valence electrons. The third kappa shape index (κ3) is 4.15. The van der Waals surface area contributed by atoms with Crippen molar-refractivity contribution in [3.63, 3.8) is 0 Å². The second-order valence-electron chi connectivity index (χ2n) is 6.21. The highest BCUT2D eigenvalue weighted by Crippen LogP contribution is 2.22. The number of nitrogens with zero attached hydrogens (tertiary/aromatic N) is 5. The summed E-state index contributed by atoms with van der Waals surface area (Å²) in [5.41, 5.74) is 13.4. The number of likely N-dealkylation sites (N-methyl/N-ethyl adjacent to an activating group) is 1. The lowest BCUT2D eigenvalue weighted by Crippen LogP contribution is -2.35. The van der Waals surface area contributed by atoms with Gasteiger partial charge in [0.1, 0.15) is 0 Å². The largest absolute Gasteiger partial charge is 0.382 e. The van der Waals surface area contributed by atoms with Gasteiger partial charge in [0.25, 0.3) is 5.91 Å². The number of fused-ring (bicyclic) bond motifs is 1. The lowest BCUT2D eigenvalue weighted by atomic mass is 10.2. The van der Waals surface area contributed by atoms with Crippen LogP contribution < -0.4 is 16.8 Å². The maximum Gasteiger partial charge on any atom is 0.273 e. The average Bonchev–Trinajstić information content (AvgIpc) is 2.71. The van der Waals surface area contributed by atoms with Crippen LogP contribution in [-0.2, 0) is 0 Å². The van der Waals surface area contributed by atoms with Gasteiger partial charge in [-0.2, -0.15) is 0 Å². The summed E-state index contributed by atoms with van der Waals surface area (Å²) in [6.07, 6.45) is 0. The van der Waals surface area contributed by atoms with E-state index >= 15 is 0 Å². The molecule has 0 saturated carbocycles. The van der Waals surface area contributed by atoms with Crippen LogP contribution in [0.25, 0.3) is 22.6 Å². The van der Waals surface area contributed by atoms with Gasteiger partial charge in [-0.1, -0.05) is 44.2 Å². The first-order chi connectivity index (χ1) is 13.5. The lowest BCUT2D eigenvalue weighted by Gasteiger charge is -2.18. The first kappa shape index (κ1) is 19.4. The van der Waals surface area contributed by atoms with Crippen molar-refractivity contribution in [2.24, 2.45) is 0 Å². The number of carbonyl (C=O) groups excluding carboxylic acids is 1. The molecule has 0 atom stereocenters. The van der Waals surface area contributed by atoms with Crippen molar-refractivity contribution in [1.29, 1.82) is 0 Å². The van der Waals surface area contributed by atoms with Gasteiger partial charge >= 0.3 is 0 Å². The van der Waals surface area contributed by atoms with Crippen molar-refractivity contribution < 1.29 is 4.79 Å². The van der Waals surface area contributed by atoms with Crippen LogP contribution in [0.3, 0.4) is 0 Å². The number of anilines is 2. The van der Waals surface area contributed by atoms with Gasteiger partial charge in [-0.05, 0) is 13.1 Å². The zero-order chi connectivity index (χ0) is 20.1. The Morgan fingerprint density at radius 1 is 1.00 bits per heavy atom. The normalized spacial score (nSPS) is 11.1. The van der Waals surface area contributed by atoms with Crippen molar-refractivity contribution in [3.8, 4) is 11.4 Å². The number of benzene rings is 1. The Labute approximate surface area is 163 Å². The van der Waals surface area contributed by atoms with E-state index in [9.17, 15) is 4.79 Å². The van der Waals surface area contributed by atoms with Crippen LogP contribution in [0.5, 0.6) is 0 Å². The summed E-state index contributed by atoms with van der Waals surface area (Å²) in [4.78, 5) is 31.9. The highest BCUT2D eigenvalue weighted by molar-refractivity contribution is 5.99. The maximum absolute atomic E-state index is 12.5. The molecule has 28 heavy (non-hydrogen) atoms. The van der Waals surface area contributed by atoms with Crippen LogP contribution in [0.2, 0.25) is 0 Å². The predicted octanol–water partition coefficient (Wildman–Crippen LogP) is 1.32. The number of nitrogens with one attached hydrogen (secondary N) is 1. The van der Waals surface area contributed by atoms with E-state index in [1.54, 1.807) is 0 Å². The molecule has 2 aromatic heterocycles. The fraction of sp³-hybridized carbons (Fsp3) is 0.316. The van der Waals surface area contributed by atoms with Gasteiger partial charge in [0.05, 0.1) is 0 Å². The molecule has 1 amide bonds. The lowest BCUT2D eigenvalue weighted by molar-refractivity contribution is 0.0945. The van der Waals surface area contributed by atoms with Crippen LogP contribution in [0, 0.1) is 0 Å². The van der Waals surface area contributed by atoms with E-state index < -0.39 is 5.91 Å². The van der Waals surface area contributed by atoms with E-state index in [4.69, 9.17) is 11.5 Å². The molecule has 0 aliphatic heterocycles. The Bertz CT molecular complexity index is 973. The molecule has 0 fully saturated rings. The topological polar surface area (TPSA) is 136 Å². The molecule has 1 aromatic carbocycles. The predicted molar refractivity (Wildman–Crippen MR) is 110 cm³/mol. The number of hydrogen-bond acceptors (Lipinski definition) is 8. The summed E-state index contributed by atoms with van der Waals surface area (Å²) < 4.78 is 0. The van der Waals surface area contributed by atoms with E-state index in [2.05, 4.69) is 44.0 Å². The molecule has 3 aromatic rings. The molecular weight excluding hydrogens is 356 g/mol. The molecule has 0 saturated heterocycles. The summed E-state index contributed by atoms with van der Waals surface area (Å²) in [7, 11) is 0. The zero-order valence-electron chi connectivity index (χ0n) is 16.0. The summed E-state index contributed by atoms with van der Waals surface area (Å²) in [6, 6.07) is 9.40. The van der Waals surface area contributed by atoms with Crippen molar-refractivity contribution in [1.82, 2.24) is 30.2 Å². The third-order valence-electron chi connectivity index (χ3n) is 4.44. The van der Waals surface area contributed by atoms with Crippen molar-refractivity contribution in [2.75, 3.05) is 37.6 Å². The molecule has 3 rings (SSSR count). The number of hydrogen-bond donors (Lipinski definition) is 3. The summed E-state index contributed by atoms with van der Waals surface area (Å²) >= 11 is 0. The molecule has 0 aliphatic carbocycles. The van der Waals surface area contributed by atoms with Crippen LogP contribution >= 0.6 is 0 Å². The quantitative estimate of drug-likeness (QED) is 0.558. The number of rotatable bonds is 7. The van der Waals surface area contributed by atoms with E-state index in [1.807, 2.05) is 30.3 Å². The number of aromatic nitrogens is 4. The third-order valence-corrected chi connectivity index (χ3v) is 4.44. The van der Waals surface area contributed by atoms with Gasteiger partial charge in [0.15, 0.2) is 34.3 Å². The smallest absolute Gasteiger partial charge is 0.273 e. The van der Waals surface area contributed by atoms with E-state index in [1.165, 1.54) is 0 Å². The maximum atomic E-state index is 12.5. The first-order valence-corrected chi connectivity index (χ1v) is 9.20. The minimum atomic E-state index is -0.398. The van der Waals surface area contributed by atoms with E-state index in [0.29, 0.717) is 12.4 Å². The molecule has 0 radical (unpaired) electrons. The van der Waals surface area contributed by atoms with Crippen LogP contribution in [0.1, 0.15) is 24.3 Å². The molecular formula is C19H24N8O. The Morgan fingerprint density at radius 2 is 1.71 bits per heavy atom. The molecule has 0 aliphatic rings. The average molecular weight is 380 g/mol. The van der Waals surface area contributed by atoms with Gasteiger partial charge in [-0.15, -0.1) is 0 Å². The molecule has 0 bridgehead atoms. The molecule has 5 N–H and O–H groups in total. The zero-order valence-corrected chi connectivity index (χ0v) is 16.0. The fourth-order valence-corrected chi connectivity index (χ4v) is 2.82. The number of amides is 1. The Balaban J connectivity index is 1.86. The highest BCUT2D eigenvalue weighted by atomic mass is 16.1. The minimum absolute atomic E-state index is 0.00458. The second kappa shape index (κ2) is 8.57. The van der Waals surface area contributed by atoms with Crippen LogP contribution in [0.15, 0.2) is 30.3 Å². The first-order valence-electron chi connectivity index (χ1n) is 9.20. The van der Waals surface area contributed by atoms with E-state index in [0.717, 1.165) is 25.2 Å². The van der Waals surface area contributed by atoms with Gasteiger partial charge < -0.3 is 21.7 Å². The Morgan fingerprint density at radius 3 is 2.39 bits per heavy atom. The van der Waals surface area contributed by atoms with Gasteiger partial charge in [-0.3, -0.25) is 4.79 Å². The van der Waals surface area contributed by atoms with Crippen molar-refractivity contribution >= 4 is 28.7 Å². The van der Waals surface area contributed by atoms with Crippen LogP contribution in [0.4, 0.5) is 11.6 Å². The Hall–Kier alpha value is -3.33. The Kier molecular flexibility index (Phi) is 5.95. The van der Waals surface area contributed by atoms with E-state index in [-0.39, 0.29) is 28.5 Å². The van der Waals surface area contributed by atoms with Crippen LogP contribution in [-0.4, -0.2) is 56.9 Å². The molecule has 9 nitrogen and oxygen atoms in total. The molecule has 9 heteroatoms. The van der Waals surface area contributed by atoms with Crippen molar-refractivity contribution in [2.45, 2.75) is 13.8 Å². The molecule has 2 heterocycles. The van der Waals surface area contributed by atoms with Crippen molar-refractivity contribution in [3.05, 3.63) is 36.0 Å². The summed E-state index contributed by atoms with van der Waals surface area (Å²) in [6.45, 7) is 7.21. The number of nitrogens with two attached hydrogens (primary N) is 2. The number of nitrogen functional groups attached to an aromatic ring is 2. The fourth-order valence-electron chi connectivity index (χ4n) is 2.82. The molecule has 0 unspecified atom stereocenters. The van der Waals surface area contributed by atoms with Gasteiger partial charge in [-0.25, -0.2) is 19.9 Å².